The van der Waals surface area contributed by atoms with Gasteiger partial charge in [-0.3, -0.25) is 9.59 Å². The van der Waals surface area contributed by atoms with Crippen LogP contribution in [0.25, 0.3) is 6.08 Å². The minimum Gasteiger partial charge on any atom is -0.493 e. The van der Waals surface area contributed by atoms with Crippen LogP contribution in [-0.4, -0.2) is 28.8 Å². The largest absolute Gasteiger partial charge is 0.493 e. The summed E-state index contributed by atoms with van der Waals surface area (Å²) in [7, 11) is 1.44. The summed E-state index contributed by atoms with van der Waals surface area (Å²) < 4.78 is 10.9. The van der Waals surface area contributed by atoms with Gasteiger partial charge in [-0.15, -0.1) is 11.8 Å². The highest BCUT2D eigenvalue weighted by Crippen LogP contribution is 2.38. The number of methoxy groups -OCH3 is 1. The summed E-state index contributed by atoms with van der Waals surface area (Å²) in [4.78, 5) is 27.2. The highest BCUT2D eigenvalue weighted by Gasteiger charge is 2.22. The van der Waals surface area contributed by atoms with E-state index >= 15 is 0 Å². The van der Waals surface area contributed by atoms with Crippen molar-refractivity contribution in [1.29, 1.82) is 0 Å². The van der Waals surface area contributed by atoms with Crippen molar-refractivity contribution in [3.63, 3.8) is 0 Å². The van der Waals surface area contributed by atoms with Gasteiger partial charge in [0, 0.05) is 6.92 Å². The fourth-order valence-electron chi connectivity index (χ4n) is 1.70. The molecule has 1 aliphatic rings. The summed E-state index contributed by atoms with van der Waals surface area (Å²) in [6.45, 7) is 1.28. The van der Waals surface area contributed by atoms with Crippen molar-refractivity contribution < 1.29 is 19.1 Å². The fraction of sp³-hybridized carbons (Fsp3) is 0.214. The minimum absolute atomic E-state index is 0.122. The molecule has 116 valence electrons. The molecule has 1 aromatic rings. The molecule has 2 rings (SSSR count). The lowest BCUT2D eigenvalue weighted by Gasteiger charge is -2.10. The zero-order valence-corrected chi connectivity index (χ0v) is 14.4. The highest BCUT2D eigenvalue weighted by atomic mass is 35.5. The standard InChI is InChI=1S/C14H12ClNO4S2/c1-7(17)20-12-9(15)4-8(6-11(12)19-2)5-10-13(18)22-14(16-10)21-3/h4-6H,1-3H3/b10-5+. The van der Waals surface area contributed by atoms with Gasteiger partial charge in [-0.1, -0.05) is 11.6 Å². The number of aliphatic imine (C=N–C) groups is 1. The van der Waals surface area contributed by atoms with E-state index in [1.807, 2.05) is 6.26 Å². The third-order valence-corrected chi connectivity index (χ3v) is 4.71. The first-order chi connectivity index (χ1) is 10.4. The first-order valence-corrected chi connectivity index (χ1v) is 8.49. The predicted octanol–water partition coefficient (Wildman–Crippen LogP) is 3.61. The van der Waals surface area contributed by atoms with Gasteiger partial charge in [-0.05, 0) is 41.8 Å². The van der Waals surface area contributed by atoms with E-state index in [0.29, 0.717) is 21.4 Å². The number of esters is 1. The topological polar surface area (TPSA) is 65.0 Å². The molecular weight excluding hydrogens is 346 g/mol. The number of thioether (sulfide) groups is 2. The summed E-state index contributed by atoms with van der Waals surface area (Å²) in [5.74, 6) is -0.0381. The van der Waals surface area contributed by atoms with Crippen molar-refractivity contribution in [1.82, 2.24) is 0 Å². The zero-order valence-electron chi connectivity index (χ0n) is 12.0. The Balaban J connectivity index is 2.41. The Labute approximate surface area is 141 Å². The second-order valence-electron chi connectivity index (χ2n) is 4.13. The molecule has 0 bridgehead atoms. The molecule has 0 fully saturated rings. The van der Waals surface area contributed by atoms with Gasteiger partial charge < -0.3 is 9.47 Å². The van der Waals surface area contributed by atoms with Crippen molar-refractivity contribution in [2.45, 2.75) is 6.92 Å². The third-order valence-electron chi connectivity index (χ3n) is 2.58. The lowest BCUT2D eigenvalue weighted by atomic mass is 10.1. The molecule has 22 heavy (non-hydrogen) atoms. The molecule has 0 radical (unpaired) electrons. The molecule has 0 saturated carbocycles. The Morgan fingerprint density at radius 3 is 2.73 bits per heavy atom. The van der Waals surface area contributed by atoms with Crippen LogP contribution in [0.2, 0.25) is 5.02 Å². The number of carbonyl (C=O) groups is 2. The normalized spacial score (nSPS) is 15.9. The van der Waals surface area contributed by atoms with Crippen LogP contribution in [0.15, 0.2) is 22.8 Å². The summed E-state index contributed by atoms with van der Waals surface area (Å²) in [6.07, 6.45) is 3.47. The van der Waals surface area contributed by atoms with Gasteiger partial charge in [-0.25, -0.2) is 4.99 Å². The van der Waals surface area contributed by atoms with Crippen LogP contribution in [0, 0.1) is 0 Å². The molecule has 5 nitrogen and oxygen atoms in total. The maximum atomic E-state index is 11.8. The summed E-state index contributed by atoms with van der Waals surface area (Å²) in [5, 5.41) is 0.0945. The molecule has 1 aliphatic heterocycles. The molecule has 0 N–H and O–H groups in total. The van der Waals surface area contributed by atoms with Crippen LogP contribution in [0.3, 0.4) is 0 Å². The van der Waals surface area contributed by atoms with Crippen molar-refractivity contribution in [2.75, 3.05) is 13.4 Å². The van der Waals surface area contributed by atoms with Gasteiger partial charge in [0.2, 0.25) is 5.12 Å². The van der Waals surface area contributed by atoms with E-state index in [4.69, 9.17) is 21.1 Å². The van der Waals surface area contributed by atoms with Crippen LogP contribution in [0.4, 0.5) is 0 Å². The van der Waals surface area contributed by atoms with Crippen molar-refractivity contribution in [2.24, 2.45) is 4.99 Å². The van der Waals surface area contributed by atoms with Gasteiger partial charge in [-0.2, -0.15) is 0 Å². The molecule has 0 unspecified atom stereocenters. The number of rotatable bonds is 3. The molecule has 0 saturated heterocycles. The van der Waals surface area contributed by atoms with Crippen molar-refractivity contribution >= 4 is 56.7 Å². The van der Waals surface area contributed by atoms with Gasteiger partial charge >= 0.3 is 5.97 Å². The van der Waals surface area contributed by atoms with E-state index in [9.17, 15) is 9.59 Å². The van der Waals surface area contributed by atoms with Crippen LogP contribution >= 0.6 is 35.1 Å². The average molecular weight is 358 g/mol. The van der Waals surface area contributed by atoms with Crippen molar-refractivity contribution in [3.8, 4) is 11.5 Å². The Morgan fingerprint density at radius 2 is 2.18 bits per heavy atom. The Morgan fingerprint density at radius 1 is 1.45 bits per heavy atom. The van der Waals surface area contributed by atoms with Crippen LogP contribution in [0.5, 0.6) is 11.5 Å². The average Bonchev–Trinajstić information content (AvgIpc) is 2.81. The zero-order chi connectivity index (χ0) is 16.3. The molecule has 1 heterocycles. The number of halogens is 1. The molecule has 8 heteroatoms. The van der Waals surface area contributed by atoms with Gasteiger partial charge in [0.05, 0.1) is 12.1 Å². The quantitative estimate of drug-likeness (QED) is 0.468. The Bertz CT molecular complexity index is 700. The number of hydrogen-bond donors (Lipinski definition) is 0. The second kappa shape index (κ2) is 7.21. The fourth-order valence-corrected chi connectivity index (χ4v) is 3.22. The molecule has 0 atom stereocenters. The third kappa shape index (κ3) is 3.85. The molecule has 0 aromatic heterocycles. The Kier molecular flexibility index (Phi) is 5.55. The molecule has 0 spiro atoms. The molecule has 0 amide bonds. The van der Waals surface area contributed by atoms with Gasteiger partial charge in [0.1, 0.15) is 10.1 Å². The van der Waals surface area contributed by atoms with Gasteiger partial charge in [0.15, 0.2) is 11.5 Å². The predicted molar refractivity (Wildman–Crippen MR) is 90.8 cm³/mol. The second-order valence-corrected chi connectivity index (χ2v) is 6.55. The number of benzene rings is 1. The first-order valence-electron chi connectivity index (χ1n) is 6.07. The highest BCUT2D eigenvalue weighted by molar-refractivity contribution is 8.45. The SMILES string of the molecule is COc1cc(/C=C2/N=C(SC)SC2=O)cc(Cl)c1OC(C)=O. The number of hydrogen-bond acceptors (Lipinski definition) is 7. The van der Waals surface area contributed by atoms with E-state index < -0.39 is 5.97 Å². The monoisotopic (exact) mass is 357 g/mol. The molecular formula is C14H12ClNO4S2. The number of carbonyl (C=O) groups excluding carboxylic acids is 2. The van der Waals surface area contributed by atoms with Crippen LogP contribution in [-0.2, 0) is 9.59 Å². The summed E-state index contributed by atoms with van der Waals surface area (Å²) in [5.41, 5.74) is 0.973. The smallest absolute Gasteiger partial charge is 0.308 e. The van der Waals surface area contributed by atoms with E-state index in [-0.39, 0.29) is 15.9 Å². The first kappa shape index (κ1) is 16.9. The van der Waals surface area contributed by atoms with E-state index in [1.165, 1.54) is 25.8 Å². The van der Waals surface area contributed by atoms with Crippen LogP contribution < -0.4 is 9.47 Å². The number of ether oxygens (including phenoxy) is 2. The summed E-state index contributed by atoms with van der Waals surface area (Å²) in [6, 6.07) is 3.21. The molecule has 0 aliphatic carbocycles. The van der Waals surface area contributed by atoms with E-state index in [1.54, 1.807) is 18.2 Å². The Hall–Kier alpha value is -1.44. The maximum Gasteiger partial charge on any atom is 0.308 e. The maximum absolute atomic E-state index is 11.8. The lowest BCUT2D eigenvalue weighted by Crippen LogP contribution is -2.04. The summed E-state index contributed by atoms with van der Waals surface area (Å²) >= 11 is 8.62. The van der Waals surface area contributed by atoms with E-state index in [0.717, 1.165) is 11.8 Å². The minimum atomic E-state index is -0.497. The van der Waals surface area contributed by atoms with Gasteiger partial charge in [0.25, 0.3) is 0 Å². The van der Waals surface area contributed by atoms with Crippen molar-refractivity contribution in [3.05, 3.63) is 28.4 Å². The lowest BCUT2D eigenvalue weighted by molar-refractivity contribution is -0.132. The molecule has 1 aromatic carbocycles. The number of nitrogens with zero attached hydrogens (tertiary/aromatic N) is 1. The van der Waals surface area contributed by atoms with E-state index in [2.05, 4.69) is 4.99 Å². The van der Waals surface area contributed by atoms with Crippen LogP contribution in [0.1, 0.15) is 12.5 Å².